The number of esters is 1. The summed E-state index contributed by atoms with van der Waals surface area (Å²) in [4.78, 5) is 24.0. The summed E-state index contributed by atoms with van der Waals surface area (Å²) < 4.78 is 44.4. The molecule has 0 unspecified atom stereocenters. The third-order valence-electron chi connectivity index (χ3n) is 5.47. The molecule has 0 saturated heterocycles. The monoisotopic (exact) mass is 487 g/mol. The molecule has 0 bridgehead atoms. The molecule has 34 heavy (non-hydrogen) atoms. The van der Waals surface area contributed by atoms with Gasteiger partial charge in [0.2, 0.25) is 0 Å². The Morgan fingerprint density at radius 2 is 1.79 bits per heavy atom. The predicted molar refractivity (Wildman–Crippen MR) is 129 cm³/mol. The molecule has 0 atom stereocenters. The van der Waals surface area contributed by atoms with Crippen LogP contribution in [0.4, 0.5) is 5.69 Å². The Balaban J connectivity index is 1.93. The SMILES string of the molecule is COc1cc(/C=C/C(=O)OCC(=O)C(C)(C)C)cc(S(=O)(=O)N2CCc3ccccc32)c1OC. The molecule has 0 amide bonds. The highest BCUT2D eigenvalue weighted by molar-refractivity contribution is 7.93. The Bertz CT molecular complexity index is 1230. The number of fused-ring (bicyclic) bond motifs is 1. The van der Waals surface area contributed by atoms with Gasteiger partial charge in [-0.2, -0.15) is 0 Å². The zero-order valence-electron chi connectivity index (χ0n) is 20.0. The number of hydrogen-bond donors (Lipinski definition) is 0. The molecule has 9 heteroatoms. The number of methoxy groups -OCH3 is 2. The number of rotatable bonds is 8. The van der Waals surface area contributed by atoms with E-state index in [1.165, 1.54) is 30.7 Å². The molecule has 8 nitrogen and oxygen atoms in total. The predicted octanol–water partition coefficient (Wildman–Crippen LogP) is 3.63. The van der Waals surface area contributed by atoms with E-state index in [2.05, 4.69) is 0 Å². The third-order valence-corrected chi connectivity index (χ3v) is 7.29. The molecule has 2 aromatic carbocycles. The number of Topliss-reactive ketones (excluding diaryl/α,β-unsaturated/α-hetero) is 1. The molecule has 1 heterocycles. The van der Waals surface area contributed by atoms with Crippen molar-refractivity contribution >= 4 is 33.5 Å². The van der Waals surface area contributed by atoms with Crippen LogP contribution < -0.4 is 13.8 Å². The van der Waals surface area contributed by atoms with Crippen LogP contribution in [-0.4, -0.2) is 47.5 Å². The Morgan fingerprint density at radius 3 is 2.44 bits per heavy atom. The zero-order chi connectivity index (χ0) is 25.1. The second-order valence-electron chi connectivity index (χ2n) is 8.82. The first-order chi connectivity index (χ1) is 16.0. The molecule has 182 valence electrons. The minimum Gasteiger partial charge on any atom is -0.493 e. The largest absolute Gasteiger partial charge is 0.493 e. The number of hydrogen-bond acceptors (Lipinski definition) is 7. The normalized spacial score (nSPS) is 13.6. The van der Waals surface area contributed by atoms with Crippen LogP contribution in [0.5, 0.6) is 11.5 Å². The number of nitrogens with zero attached hydrogens (tertiary/aromatic N) is 1. The Labute approximate surface area is 200 Å². The molecule has 0 aliphatic carbocycles. The van der Waals surface area contributed by atoms with Crippen molar-refractivity contribution in [3.8, 4) is 11.5 Å². The number of anilines is 1. The summed E-state index contributed by atoms with van der Waals surface area (Å²) in [5.41, 5.74) is 1.34. The lowest BCUT2D eigenvalue weighted by Gasteiger charge is -2.22. The minimum absolute atomic E-state index is 0.0716. The first-order valence-corrected chi connectivity index (χ1v) is 12.2. The lowest BCUT2D eigenvalue weighted by atomic mass is 9.91. The van der Waals surface area contributed by atoms with Crippen LogP contribution in [0.1, 0.15) is 31.9 Å². The van der Waals surface area contributed by atoms with Gasteiger partial charge in [0, 0.05) is 18.0 Å². The van der Waals surface area contributed by atoms with Crippen LogP contribution >= 0.6 is 0 Å². The summed E-state index contributed by atoms with van der Waals surface area (Å²) in [6.07, 6.45) is 3.15. The maximum atomic E-state index is 13.6. The van der Waals surface area contributed by atoms with Gasteiger partial charge in [-0.05, 0) is 41.8 Å². The molecular weight excluding hydrogens is 458 g/mol. The molecule has 1 aliphatic heterocycles. The number of para-hydroxylation sites is 1. The Hall–Kier alpha value is -3.33. The van der Waals surface area contributed by atoms with E-state index in [1.54, 1.807) is 39.0 Å². The standard InChI is InChI=1S/C25H29NO7S/c1-25(2,3)22(27)16-33-23(28)11-10-17-14-20(31-4)24(32-5)21(15-17)34(29,30)26-13-12-18-8-6-7-9-19(18)26/h6-11,14-15H,12-13,16H2,1-5H3/b11-10+. The molecule has 0 N–H and O–H groups in total. The molecule has 2 aromatic rings. The van der Waals surface area contributed by atoms with Gasteiger partial charge in [0.1, 0.15) is 4.90 Å². The van der Waals surface area contributed by atoms with Gasteiger partial charge in [-0.25, -0.2) is 13.2 Å². The van der Waals surface area contributed by atoms with E-state index in [1.807, 2.05) is 12.1 Å². The third kappa shape index (κ3) is 5.25. The highest BCUT2D eigenvalue weighted by atomic mass is 32.2. The average molecular weight is 488 g/mol. The number of carbonyl (C=O) groups is 2. The van der Waals surface area contributed by atoms with Crippen molar-refractivity contribution in [3.05, 3.63) is 53.6 Å². The molecule has 3 rings (SSSR count). The number of ketones is 1. The molecular formula is C25H29NO7S. The summed E-state index contributed by atoms with van der Waals surface area (Å²) in [5, 5.41) is 0. The summed E-state index contributed by atoms with van der Waals surface area (Å²) in [5.74, 6) is -0.653. The van der Waals surface area contributed by atoms with Crippen molar-refractivity contribution in [2.75, 3.05) is 31.7 Å². The van der Waals surface area contributed by atoms with Gasteiger partial charge in [0.25, 0.3) is 10.0 Å². The number of sulfonamides is 1. The average Bonchev–Trinajstić information content (AvgIpc) is 3.24. The highest BCUT2D eigenvalue weighted by Crippen LogP contribution is 2.40. The van der Waals surface area contributed by atoms with Crippen LogP contribution in [0, 0.1) is 5.41 Å². The summed E-state index contributed by atoms with van der Waals surface area (Å²) in [6.45, 7) is 5.18. The van der Waals surface area contributed by atoms with Gasteiger partial charge in [-0.3, -0.25) is 9.10 Å². The van der Waals surface area contributed by atoms with Crippen molar-refractivity contribution < 1.29 is 32.2 Å². The molecule has 0 aromatic heterocycles. The van der Waals surface area contributed by atoms with Crippen molar-refractivity contribution in [1.82, 2.24) is 0 Å². The second kappa shape index (κ2) is 9.89. The van der Waals surface area contributed by atoms with Crippen LogP contribution in [-0.2, 0) is 30.8 Å². The van der Waals surface area contributed by atoms with Gasteiger partial charge in [0.15, 0.2) is 23.9 Å². The lowest BCUT2D eigenvalue weighted by Crippen LogP contribution is -2.29. The molecule has 1 aliphatic rings. The van der Waals surface area contributed by atoms with Crippen molar-refractivity contribution in [2.45, 2.75) is 32.1 Å². The topological polar surface area (TPSA) is 99.2 Å². The molecule has 0 saturated carbocycles. The van der Waals surface area contributed by atoms with E-state index in [-0.39, 0.29) is 28.8 Å². The zero-order valence-corrected chi connectivity index (χ0v) is 20.8. The van der Waals surface area contributed by atoms with Gasteiger partial charge >= 0.3 is 5.97 Å². The maximum absolute atomic E-state index is 13.6. The number of benzene rings is 2. The van der Waals surface area contributed by atoms with E-state index in [9.17, 15) is 18.0 Å². The lowest BCUT2D eigenvalue weighted by molar-refractivity contribution is -0.145. The fourth-order valence-corrected chi connectivity index (χ4v) is 5.19. The summed E-state index contributed by atoms with van der Waals surface area (Å²) in [7, 11) is -1.22. The quantitative estimate of drug-likeness (QED) is 0.414. The van der Waals surface area contributed by atoms with E-state index in [0.29, 0.717) is 24.2 Å². The summed E-state index contributed by atoms with van der Waals surface area (Å²) in [6, 6.07) is 10.3. The van der Waals surface area contributed by atoms with Gasteiger partial charge in [-0.15, -0.1) is 0 Å². The van der Waals surface area contributed by atoms with E-state index in [4.69, 9.17) is 14.2 Å². The summed E-state index contributed by atoms with van der Waals surface area (Å²) >= 11 is 0. The second-order valence-corrected chi connectivity index (χ2v) is 10.7. The highest BCUT2D eigenvalue weighted by Gasteiger charge is 2.34. The van der Waals surface area contributed by atoms with Gasteiger partial charge < -0.3 is 14.2 Å². The van der Waals surface area contributed by atoms with Crippen LogP contribution in [0.3, 0.4) is 0 Å². The smallest absolute Gasteiger partial charge is 0.331 e. The van der Waals surface area contributed by atoms with Crippen LogP contribution in [0.15, 0.2) is 47.4 Å². The fourth-order valence-electron chi connectivity index (χ4n) is 3.48. The van der Waals surface area contributed by atoms with Gasteiger partial charge in [0.05, 0.1) is 19.9 Å². The fraction of sp³-hybridized carbons (Fsp3) is 0.360. The Morgan fingerprint density at radius 1 is 1.09 bits per heavy atom. The van der Waals surface area contributed by atoms with Crippen molar-refractivity contribution in [3.63, 3.8) is 0 Å². The molecule has 0 fully saturated rings. The van der Waals surface area contributed by atoms with E-state index >= 15 is 0 Å². The number of ether oxygens (including phenoxy) is 3. The van der Waals surface area contributed by atoms with Crippen molar-refractivity contribution in [2.24, 2.45) is 5.41 Å². The first-order valence-electron chi connectivity index (χ1n) is 10.7. The number of carbonyl (C=O) groups excluding carboxylic acids is 2. The molecule has 0 radical (unpaired) electrons. The molecule has 0 spiro atoms. The maximum Gasteiger partial charge on any atom is 0.331 e. The first kappa shape index (κ1) is 25.3. The van der Waals surface area contributed by atoms with Crippen LogP contribution in [0.25, 0.3) is 6.08 Å². The van der Waals surface area contributed by atoms with Crippen LogP contribution in [0.2, 0.25) is 0 Å². The van der Waals surface area contributed by atoms with E-state index < -0.39 is 21.4 Å². The van der Waals surface area contributed by atoms with Gasteiger partial charge in [-0.1, -0.05) is 39.0 Å². The minimum atomic E-state index is -3.99. The van der Waals surface area contributed by atoms with E-state index in [0.717, 1.165) is 11.6 Å². The Kier molecular flexibility index (Phi) is 7.35. The van der Waals surface area contributed by atoms with Crippen molar-refractivity contribution in [1.29, 1.82) is 0 Å².